The maximum absolute atomic E-state index is 11.9. The number of methoxy groups -OCH3 is 1. The summed E-state index contributed by atoms with van der Waals surface area (Å²) >= 11 is 0. The first-order chi connectivity index (χ1) is 14.4. The Kier molecular flexibility index (Phi) is 6.91. The smallest absolute Gasteiger partial charge is 0.292 e. The van der Waals surface area contributed by atoms with E-state index in [0.29, 0.717) is 23.1 Å². The van der Waals surface area contributed by atoms with Crippen molar-refractivity contribution in [2.45, 2.75) is 83.7 Å². The zero-order valence-corrected chi connectivity index (χ0v) is 18.9. The summed E-state index contributed by atoms with van der Waals surface area (Å²) in [6.45, 7) is 8.43. The number of ketones is 1. The third kappa shape index (κ3) is 3.47. The molecule has 0 radical (unpaired) electrons. The molecule has 3 saturated carbocycles. The number of fused-ring (bicyclic) bond motifs is 6. The fourth-order valence-corrected chi connectivity index (χ4v) is 8.00. The van der Waals surface area contributed by atoms with Gasteiger partial charge >= 0.3 is 0 Å². The van der Waals surface area contributed by atoms with Crippen LogP contribution in [-0.2, 0) is 23.9 Å². The minimum absolute atomic E-state index is 0.211. The Morgan fingerprint density at radius 1 is 1.07 bits per heavy atom. The van der Waals surface area contributed by atoms with Crippen LogP contribution in [0.5, 0.6) is 0 Å². The van der Waals surface area contributed by atoms with Gasteiger partial charge in [0.2, 0.25) is 0 Å². The van der Waals surface area contributed by atoms with E-state index in [1.54, 1.807) is 0 Å². The van der Waals surface area contributed by atoms with Crippen LogP contribution in [0, 0.1) is 28.6 Å². The lowest BCUT2D eigenvalue weighted by Crippen LogP contribution is -2.54. The molecule has 5 nitrogen and oxygen atoms in total. The fraction of sp³-hybridized carbons (Fsp3) is 0.800. The van der Waals surface area contributed by atoms with Crippen LogP contribution in [0.25, 0.3) is 0 Å². The largest absolute Gasteiger partial charge is 0.471 e. The van der Waals surface area contributed by atoms with Crippen molar-refractivity contribution >= 4 is 19.0 Å². The lowest BCUT2D eigenvalue weighted by Gasteiger charge is -2.59. The van der Waals surface area contributed by atoms with E-state index in [2.05, 4.69) is 18.6 Å². The van der Waals surface area contributed by atoms with Gasteiger partial charge in [0.25, 0.3) is 6.47 Å². The molecule has 0 amide bonds. The number of carbonyl (C=O) groups excluding carboxylic acids is 3. The summed E-state index contributed by atoms with van der Waals surface area (Å²) < 4.78 is 10.3. The second-order valence-electron chi connectivity index (χ2n) is 10.2. The van der Waals surface area contributed by atoms with E-state index in [9.17, 15) is 4.79 Å². The van der Waals surface area contributed by atoms with E-state index in [0.717, 1.165) is 37.2 Å². The minimum atomic E-state index is 0.211. The van der Waals surface area contributed by atoms with Crippen LogP contribution in [0.15, 0.2) is 11.6 Å². The highest BCUT2D eigenvalue weighted by molar-refractivity contribution is 5.91. The predicted molar refractivity (Wildman–Crippen MR) is 115 cm³/mol. The third-order valence-corrected chi connectivity index (χ3v) is 9.45. The van der Waals surface area contributed by atoms with E-state index < -0.39 is 0 Å². The number of rotatable bonds is 1. The highest BCUT2D eigenvalue weighted by Crippen LogP contribution is 2.69. The molecular weight excluding hydrogens is 380 g/mol. The van der Waals surface area contributed by atoms with Crippen molar-refractivity contribution < 1.29 is 23.9 Å². The monoisotopic (exact) mass is 418 g/mol. The van der Waals surface area contributed by atoms with Crippen LogP contribution in [0.2, 0.25) is 0 Å². The molecule has 4 unspecified atom stereocenters. The molecule has 5 heteroatoms. The molecule has 1 spiro atoms. The Balaban J connectivity index is 0.000000385. The van der Waals surface area contributed by atoms with Crippen LogP contribution in [0.3, 0.4) is 0 Å². The first-order valence-electron chi connectivity index (χ1n) is 11.5. The maximum atomic E-state index is 11.9. The van der Waals surface area contributed by atoms with Crippen molar-refractivity contribution in [3.63, 3.8) is 0 Å². The third-order valence-electron chi connectivity index (χ3n) is 9.45. The van der Waals surface area contributed by atoms with Gasteiger partial charge in [0, 0.05) is 13.0 Å². The summed E-state index contributed by atoms with van der Waals surface area (Å²) in [7, 11) is 1.31. The van der Waals surface area contributed by atoms with Gasteiger partial charge in [0.15, 0.2) is 5.78 Å². The standard InChI is InChI=1S/C22H32O2.C2H4O2.CH2O/c1-20-10-6-16(23)14-15(20)4-5-17-18(20)7-11-21(2)19(17)8-12-22(21)9-3-13-24-22;1-4-2-3;1-2/h14,17-19H,3-13H2,1-2H3;2H,1H3;1H2/t17?,18?,19?,20-,21?,22-;;/m0../s1. The van der Waals surface area contributed by atoms with Crippen LogP contribution in [0.4, 0.5) is 0 Å². The summed E-state index contributed by atoms with van der Waals surface area (Å²) in [6, 6.07) is 0. The van der Waals surface area contributed by atoms with Crippen molar-refractivity contribution in [1.82, 2.24) is 0 Å². The quantitative estimate of drug-likeness (QED) is 0.579. The number of allylic oxidation sites excluding steroid dienone is 1. The van der Waals surface area contributed by atoms with Crippen LogP contribution >= 0.6 is 0 Å². The first kappa shape index (κ1) is 23.2. The van der Waals surface area contributed by atoms with E-state index in [1.807, 2.05) is 12.9 Å². The molecule has 6 atom stereocenters. The molecule has 0 aromatic rings. The van der Waals surface area contributed by atoms with Crippen molar-refractivity contribution in [2.75, 3.05) is 13.7 Å². The van der Waals surface area contributed by atoms with E-state index in [1.165, 1.54) is 64.0 Å². The molecule has 168 valence electrons. The molecule has 5 rings (SSSR count). The minimum Gasteiger partial charge on any atom is -0.471 e. The molecule has 0 aromatic carbocycles. The number of carbonyl (C=O) groups is 3. The SMILES string of the molecule is C=O.CC12CCC3C(CCC4=CC(=O)CC[C@@]43C)C1CC[C@@]21CCCO1.COC=O. The highest BCUT2D eigenvalue weighted by Gasteiger charge is 2.65. The van der Waals surface area contributed by atoms with Crippen LogP contribution in [0.1, 0.15) is 78.1 Å². The number of hydrogen-bond donors (Lipinski definition) is 0. The molecule has 4 fully saturated rings. The molecule has 4 aliphatic carbocycles. The van der Waals surface area contributed by atoms with Gasteiger partial charge in [-0.1, -0.05) is 19.4 Å². The van der Waals surface area contributed by atoms with E-state index >= 15 is 0 Å². The molecule has 1 heterocycles. The van der Waals surface area contributed by atoms with Gasteiger partial charge in [-0.25, -0.2) is 0 Å². The Bertz CT molecular complexity index is 679. The van der Waals surface area contributed by atoms with Gasteiger partial charge in [0.1, 0.15) is 6.79 Å². The highest BCUT2D eigenvalue weighted by atomic mass is 16.5. The second kappa shape index (κ2) is 8.94. The van der Waals surface area contributed by atoms with Crippen molar-refractivity contribution in [3.05, 3.63) is 11.6 Å². The molecule has 1 aliphatic heterocycles. The van der Waals surface area contributed by atoms with Gasteiger partial charge in [-0.3, -0.25) is 9.59 Å². The molecule has 0 aromatic heterocycles. The zero-order chi connectivity index (χ0) is 22.0. The topological polar surface area (TPSA) is 69.7 Å². The zero-order valence-electron chi connectivity index (χ0n) is 18.9. The van der Waals surface area contributed by atoms with Gasteiger partial charge in [-0.05, 0) is 92.4 Å². The molecule has 5 aliphatic rings. The van der Waals surface area contributed by atoms with E-state index in [-0.39, 0.29) is 5.60 Å². The Hall–Kier alpha value is -1.49. The maximum Gasteiger partial charge on any atom is 0.292 e. The van der Waals surface area contributed by atoms with Crippen molar-refractivity contribution in [1.29, 1.82) is 0 Å². The van der Waals surface area contributed by atoms with Gasteiger partial charge in [-0.15, -0.1) is 0 Å². The van der Waals surface area contributed by atoms with E-state index in [4.69, 9.17) is 14.3 Å². The lowest BCUT2D eigenvalue weighted by atomic mass is 9.46. The molecule has 0 bridgehead atoms. The summed E-state index contributed by atoms with van der Waals surface area (Å²) in [5.74, 6) is 2.90. The predicted octanol–water partition coefficient (Wildman–Crippen LogP) is 4.67. The number of ether oxygens (including phenoxy) is 2. The Labute approximate surface area is 181 Å². The summed E-state index contributed by atoms with van der Waals surface area (Å²) in [4.78, 5) is 28.9. The molecule has 30 heavy (non-hydrogen) atoms. The van der Waals surface area contributed by atoms with Crippen molar-refractivity contribution in [3.8, 4) is 0 Å². The summed E-state index contributed by atoms with van der Waals surface area (Å²) in [5.41, 5.74) is 2.42. The molecular formula is C25H38O5. The molecule has 0 N–H and O–H groups in total. The Morgan fingerprint density at radius 3 is 2.40 bits per heavy atom. The van der Waals surface area contributed by atoms with Crippen LogP contribution in [-0.4, -0.2) is 38.4 Å². The number of hydrogen-bond acceptors (Lipinski definition) is 5. The second-order valence-corrected chi connectivity index (χ2v) is 10.2. The van der Waals surface area contributed by atoms with Crippen LogP contribution < -0.4 is 0 Å². The van der Waals surface area contributed by atoms with Gasteiger partial charge in [-0.2, -0.15) is 0 Å². The normalized spacial score (nSPS) is 43.6. The first-order valence-corrected chi connectivity index (χ1v) is 11.5. The van der Waals surface area contributed by atoms with Crippen molar-refractivity contribution in [2.24, 2.45) is 28.6 Å². The van der Waals surface area contributed by atoms with Gasteiger partial charge < -0.3 is 14.3 Å². The average Bonchev–Trinajstić information content (AvgIpc) is 3.36. The average molecular weight is 419 g/mol. The molecule has 1 saturated heterocycles. The summed E-state index contributed by atoms with van der Waals surface area (Å²) in [6.07, 6.45) is 14.3. The summed E-state index contributed by atoms with van der Waals surface area (Å²) in [5, 5.41) is 0. The lowest BCUT2D eigenvalue weighted by molar-refractivity contribution is -0.136. The Morgan fingerprint density at radius 2 is 1.77 bits per heavy atom. The van der Waals surface area contributed by atoms with Gasteiger partial charge in [0.05, 0.1) is 12.7 Å². The fourth-order valence-electron chi connectivity index (χ4n) is 8.00.